The molecule has 5 heteroatoms. The molecule has 1 saturated carbocycles. The van der Waals surface area contributed by atoms with Gasteiger partial charge < -0.3 is 4.74 Å². The standard InChI is InChI=1S/C18H23BrN2O2/c19-13-4-3-5-14(10-13)20-18(22)23-17-9-12-8-15(17)16-6-1-2-7-21(16)11-12/h3-5,10,12,15-17H,1-2,6-9,11H2,(H,20,22)/t12?,15?,16-,17?/m1/s1. The molecule has 2 aliphatic heterocycles. The third kappa shape index (κ3) is 3.26. The lowest BCUT2D eigenvalue weighted by Crippen LogP contribution is -2.49. The second kappa shape index (κ2) is 6.44. The predicted molar refractivity (Wildman–Crippen MR) is 93.5 cm³/mol. The summed E-state index contributed by atoms with van der Waals surface area (Å²) >= 11 is 3.42. The summed E-state index contributed by atoms with van der Waals surface area (Å²) in [5, 5.41) is 2.86. The van der Waals surface area contributed by atoms with Crippen molar-refractivity contribution in [3.8, 4) is 0 Å². The fourth-order valence-corrected chi connectivity index (χ4v) is 5.14. The maximum Gasteiger partial charge on any atom is 0.411 e. The largest absolute Gasteiger partial charge is 0.446 e. The molecule has 4 atom stereocenters. The first kappa shape index (κ1) is 15.5. The normalized spacial score (nSPS) is 33.1. The highest BCUT2D eigenvalue weighted by Gasteiger charge is 2.48. The Morgan fingerprint density at radius 3 is 3.09 bits per heavy atom. The van der Waals surface area contributed by atoms with E-state index < -0.39 is 0 Å². The Kier molecular flexibility index (Phi) is 4.33. The Morgan fingerprint density at radius 2 is 2.22 bits per heavy atom. The molecule has 2 bridgehead atoms. The van der Waals surface area contributed by atoms with Crippen molar-refractivity contribution in [1.82, 2.24) is 4.90 Å². The Morgan fingerprint density at radius 1 is 1.30 bits per heavy atom. The van der Waals surface area contributed by atoms with Crippen LogP contribution in [0.15, 0.2) is 28.7 Å². The van der Waals surface area contributed by atoms with Gasteiger partial charge in [0.15, 0.2) is 0 Å². The van der Waals surface area contributed by atoms with E-state index in [0.717, 1.165) is 16.6 Å². The van der Waals surface area contributed by atoms with E-state index in [1.807, 2.05) is 24.3 Å². The summed E-state index contributed by atoms with van der Waals surface area (Å²) in [5.41, 5.74) is 0.768. The summed E-state index contributed by atoms with van der Waals surface area (Å²) in [6.45, 7) is 2.43. The zero-order valence-electron chi connectivity index (χ0n) is 13.2. The molecule has 1 amide bonds. The van der Waals surface area contributed by atoms with Gasteiger partial charge in [-0.25, -0.2) is 4.79 Å². The topological polar surface area (TPSA) is 41.6 Å². The first-order chi connectivity index (χ1) is 11.2. The summed E-state index contributed by atoms with van der Waals surface area (Å²) in [5.74, 6) is 1.24. The molecule has 23 heavy (non-hydrogen) atoms. The SMILES string of the molecule is O=C(Nc1cccc(Br)c1)OC1CC2CC1[C@H]1CCCCN1C2. The minimum Gasteiger partial charge on any atom is -0.446 e. The molecule has 1 aromatic rings. The van der Waals surface area contributed by atoms with Gasteiger partial charge in [0, 0.05) is 28.7 Å². The van der Waals surface area contributed by atoms with E-state index >= 15 is 0 Å². The molecule has 1 aromatic carbocycles. The number of piperidine rings is 2. The Bertz CT molecular complexity index is 594. The lowest BCUT2D eigenvalue weighted by atomic mass is 9.84. The van der Waals surface area contributed by atoms with Crippen molar-refractivity contribution in [2.45, 2.75) is 44.2 Å². The molecule has 3 aliphatic rings. The quantitative estimate of drug-likeness (QED) is 0.835. The van der Waals surface area contributed by atoms with Crippen LogP contribution in [0.2, 0.25) is 0 Å². The molecule has 2 saturated heterocycles. The van der Waals surface area contributed by atoms with Crippen molar-refractivity contribution in [3.63, 3.8) is 0 Å². The number of hydrogen-bond acceptors (Lipinski definition) is 3. The summed E-state index contributed by atoms with van der Waals surface area (Å²) < 4.78 is 6.77. The Hall–Kier alpha value is -1.07. The maximum atomic E-state index is 12.3. The fourth-order valence-electron chi connectivity index (χ4n) is 4.74. The first-order valence-electron chi connectivity index (χ1n) is 8.66. The number of benzene rings is 1. The van der Waals surface area contributed by atoms with E-state index in [2.05, 4.69) is 26.1 Å². The van der Waals surface area contributed by atoms with Crippen LogP contribution < -0.4 is 5.32 Å². The van der Waals surface area contributed by atoms with E-state index in [1.165, 1.54) is 38.8 Å². The molecular formula is C18H23BrN2O2. The number of nitrogens with zero attached hydrogens (tertiary/aromatic N) is 1. The highest BCUT2D eigenvalue weighted by Crippen LogP contribution is 2.45. The average molecular weight is 379 g/mol. The van der Waals surface area contributed by atoms with Crippen LogP contribution in [0.5, 0.6) is 0 Å². The molecular weight excluding hydrogens is 356 g/mol. The number of anilines is 1. The minimum atomic E-state index is -0.317. The summed E-state index contributed by atoms with van der Waals surface area (Å²) in [6, 6.07) is 8.24. The van der Waals surface area contributed by atoms with Crippen LogP contribution in [0.25, 0.3) is 0 Å². The average Bonchev–Trinajstić information content (AvgIpc) is 2.84. The van der Waals surface area contributed by atoms with E-state index in [4.69, 9.17) is 4.74 Å². The smallest absolute Gasteiger partial charge is 0.411 e. The molecule has 4 nitrogen and oxygen atoms in total. The minimum absolute atomic E-state index is 0.0836. The molecule has 124 valence electrons. The van der Waals surface area contributed by atoms with Gasteiger partial charge in [-0.05, 0) is 56.3 Å². The van der Waals surface area contributed by atoms with Gasteiger partial charge in [0.25, 0.3) is 0 Å². The Balaban J connectivity index is 1.40. The number of ether oxygens (including phenoxy) is 1. The van der Waals surface area contributed by atoms with Crippen molar-refractivity contribution < 1.29 is 9.53 Å². The van der Waals surface area contributed by atoms with Crippen molar-refractivity contribution in [1.29, 1.82) is 0 Å². The second-order valence-electron chi connectivity index (χ2n) is 7.14. The molecule has 1 aliphatic carbocycles. The van der Waals surface area contributed by atoms with Gasteiger partial charge in [-0.15, -0.1) is 0 Å². The van der Waals surface area contributed by atoms with Gasteiger partial charge in [-0.2, -0.15) is 0 Å². The molecule has 0 aromatic heterocycles. The van der Waals surface area contributed by atoms with E-state index in [0.29, 0.717) is 17.9 Å². The molecule has 2 heterocycles. The van der Waals surface area contributed by atoms with Crippen LogP contribution >= 0.6 is 15.9 Å². The number of rotatable bonds is 2. The van der Waals surface area contributed by atoms with Gasteiger partial charge in [-0.1, -0.05) is 28.4 Å². The highest BCUT2D eigenvalue weighted by atomic mass is 79.9. The lowest BCUT2D eigenvalue weighted by molar-refractivity contribution is 0.0181. The van der Waals surface area contributed by atoms with Crippen molar-refractivity contribution in [2.75, 3.05) is 18.4 Å². The zero-order chi connectivity index (χ0) is 15.8. The van der Waals surface area contributed by atoms with E-state index in [1.54, 1.807) is 0 Å². The van der Waals surface area contributed by atoms with Gasteiger partial charge in [0.05, 0.1) is 0 Å². The summed E-state index contributed by atoms with van der Waals surface area (Å²) in [7, 11) is 0. The van der Waals surface area contributed by atoms with Gasteiger partial charge in [-0.3, -0.25) is 10.2 Å². The van der Waals surface area contributed by atoms with Crippen LogP contribution in [0.4, 0.5) is 10.5 Å². The first-order valence-corrected chi connectivity index (χ1v) is 9.45. The van der Waals surface area contributed by atoms with Crippen LogP contribution in [0.1, 0.15) is 32.1 Å². The van der Waals surface area contributed by atoms with Crippen molar-refractivity contribution in [2.24, 2.45) is 11.8 Å². The third-order valence-corrected chi connectivity index (χ3v) is 6.12. The summed E-state index contributed by atoms with van der Waals surface area (Å²) in [4.78, 5) is 14.9. The van der Waals surface area contributed by atoms with E-state index in [9.17, 15) is 4.79 Å². The molecule has 3 unspecified atom stereocenters. The van der Waals surface area contributed by atoms with Gasteiger partial charge >= 0.3 is 6.09 Å². The number of amides is 1. The highest BCUT2D eigenvalue weighted by molar-refractivity contribution is 9.10. The zero-order valence-corrected chi connectivity index (χ0v) is 14.8. The molecule has 0 radical (unpaired) electrons. The van der Waals surface area contributed by atoms with E-state index in [-0.39, 0.29) is 12.2 Å². The number of fused-ring (bicyclic) bond motifs is 4. The van der Waals surface area contributed by atoms with Gasteiger partial charge in [0.1, 0.15) is 6.10 Å². The number of halogens is 1. The predicted octanol–water partition coefficient (Wildman–Crippen LogP) is 4.26. The van der Waals surface area contributed by atoms with Crippen LogP contribution in [-0.2, 0) is 4.74 Å². The van der Waals surface area contributed by atoms with Crippen LogP contribution in [0, 0.1) is 11.8 Å². The van der Waals surface area contributed by atoms with Crippen molar-refractivity contribution >= 4 is 27.7 Å². The number of nitrogens with one attached hydrogen (secondary N) is 1. The molecule has 4 rings (SSSR count). The molecule has 0 spiro atoms. The van der Waals surface area contributed by atoms with Gasteiger partial charge in [0.2, 0.25) is 0 Å². The second-order valence-corrected chi connectivity index (χ2v) is 8.05. The summed E-state index contributed by atoms with van der Waals surface area (Å²) in [6.07, 6.45) is 5.94. The number of carbonyl (C=O) groups excluding carboxylic acids is 1. The molecule has 1 N–H and O–H groups in total. The van der Waals surface area contributed by atoms with Crippen LogP contribution in [-0.4, -0.2) is 36.2 Å². The fraction of sp³-hybridized carbons (Fsp3) is 0.611. The number of hydrogen-bond donors (Lipinski definition) is 1. The monoisotopic (exact) mass is 378 g/mol. The molecule has 3 fully saturated rings. The lowest BCUT2D eigenvalue weighted by Gasteiger charge is -2.43. The third-order valence-electron chi connectivity index (χ3n) is 5.63. The number of carbonyl (C=O) groups is 1. The Labute approximate surface area is 145 Å². The van der Waals surface area contributed by atoms with Crippen LogP contribution in [0.3, 0.4) is 0 Å². The van der Waals surface area contributed by atoms with Crippen molar-refractivity contribution in [3.05, 3.63) is 28.7 Å². The maximum absolute atomic E-state index is 12.3.